The average Bonchev–Trinajstić information content (AvgIpc) is 2.66. The number of hydrogen-bond donors (Lipinski definition) is 1. The molecule has 0 saturated heterocycles. The van der Waals surface area contributed by atoms with E-state index in [4.69, 9.17) is 10.5 Å². The number of carbonyl (C=O) groups is 3. The van der Waals surface area contributed by atoms with Crippen LogP contribution in [0.15, 0.2) is 42.5 Å². The Balaban J connectivity index is 1.90. The van der Waals surface area contributed by atoms with Gasteiger partial charge >= 0.3 is 0 Å². The Morgan fingerprint density at radius 1 is 1.15 bits per heavy atom. The molecule has 6 heteroatoms. The summed E-state index contributed by atoms with van der Waals surface area (Å²) in [5, 5.41) is 0. The molecule has 0 aromatic heterocycles. The molecule has 0 saturated carbocycles. The Bertz CT molecular complexity index is 907. The van der Waals surface area contributed by atoms with Crippen LogP contribution in [-0.2, 0) is 29.0 Å². The van der Waals surface area contributed by atoms with Crippen LogP contribution in [0.1, 0.15) is 34.0 Å². The van der Waals surface area contributed by atoms with Crippen molar-refractivity contribution in [2.45, 2.75) is 32.4 Å². The molecule has 140 valence electrons. The van der Waals surface area contributed by atoms with Gasteiger partial charge in [-0.2, -0.15) is 0 Å². The zero-order valence-corrected chi connectivity index (χ0v) is 15.4. The van der Waals surface area contributed by atoms with Crippen molar-refractivity contribution in [3.63, 3.8) is 0 Å². The molecule has 1 atom stereocenters. The van der Waals surface area contributed by atoms with Gasteiger partial charge in [-0.25, -0.2) is 0 Å². The fraction of sp³-hybridized carbons (Fsp3) is 0.286. The number of primary amides is 1. The first-order chi connectivity index (χ1) is 12.9. The minimum Gasteiger partial charge on any atom is -0.496 e. The van der Waals surface area contributed by atoms with Gasteiger partial charge in [-0.1, -0.05) is 24.3 Å². The van der Waals surface area contributed by atoms with Crippen LogP contribution in [0.5, 0.6) is 5.75 Å². The molecule has 0 radical (unpaired) electrons. The highest BCUT2D eigenvalue weighted by Crippen LogP contribution is 2.26. The largest absolute Gasteiger partial charge is 0.496 e. The summed E-state index contributed by atoms with van der Waals surface area (Å²) in [5.74, 6) is -0.316. The van der Waals surface area contributed by atoms with Crippen molar-refractivity contribution in [1.82, 2.24) is 4.90 Å². The van der Waals surface area contributed by atoms with E-state index >= 15 is 0 Å². The number of nitrogens with zero attached hydrogens (tertiary/aromatic N) is 1. The van der Waals surface area contributed by atoms with Crippen LogP contribution in [-0.4, -0.2) is 35.6 Å². The van der Waals surface area contributed by atoms with Crippen molar-refractivity contribution in [3.8, 4) is 5.75 Å². The molecule has 0 fully saturated rings. The lowest BCUT2D eigenvalue weighted by molar-refractivity contribution is -0.140. The van der Waals surface area contributed by atoms with Gasteiger partial charge < -0.3 is 15.4 Å². The van der Waals surface area contributed by atoms with Gasteiger partial charge in [-0.15, -0.1) is 0 Å². The van der Waals surface area contributed by atoms with E-state index in [0.717, 1.165) is 11.1 Å². The summed E-state index contributed by atoms with van der Waals surface area (Å²) in [4.78, 5) is 38.2. The number of carbonyl (C=O) groups excluding carboxylic acids is 3. The Labute approximate surface area is 157 Å². The van der Waals surface area contributed by atoms with Gasteiger partial charge in [0.15, 0.2) is 5.78 Å². The molecule has 27 heavy (non-hydrogen) atoms. The predicted octanol–water partition coefficient (Wildman–Crippen LogP) is 1.88. The normalized spacial score (nSPS) is 15.8. The maximum absolute atomic E-state index is 13.0. The molecular weight excluding hydrogens is 344 g/mol. The van der Waals surface area contributed by atoms with Crippen molar-refractivity contribution in [3.05, 3.63) is 64.7 Å². The number of Topliss-reactive ketones (excluding diaryl/α,β-unsaturated/α-hetero) is 1. The summed E-state index contributed by atoms with van der Waals surface area (Å²) in [6.45, 7) is 1.80. The van der Waals surface area contributed by atoms with Crippen LogP contribution in [0, 0.1) is 0 Å². The number of fused-ring (bicyclic) bond motifs is 1. The second-order valence-electron chi connectivity index (χ2n) is 6.67. The van der Waals surface area contributed by atoms with Gasteiger partial charge in [0.25, 0.3) is 0 Å². The van der Waals surface area contributed by atoms with E-state index < -0.39 is 11.9 Å². The summed E-state index contributed by atoms with van der Waals surface area (Å²) >= 11 is 0. The molecule has 1 heterocycles. The zero-order valence-electron chi connectivity index (χ0n) is 15.4. The summed E-state index contributed by atoms with van der Waals surface area (Å²) in [7, 11) is 1.51. The highest BCUT2D eigenvalue weighted by atomic mass is 16.5. The lowest BCUT2D eigenvalue weighted by Crippen LogP contribution is -2.51. The molecule has 2 N–H and O–H groups in total. The number of benzene rings is 2. The molecule has 0 unspecified atom stereocenters. The molecule has 0 spiro atoms. The van der Waals surface area contributed by atoms with Gasteiger partial charge in [0.2, 0.25) is 11.8 Å². The van der Waals surface area contributed by atoms with Gasteiger partial charge in [-0.05, 0) is 36.2 Å². The molecule has 2 aromatic rings. The van der Waals surface area contributed by atoms with Crippen molar-refractivity contribution < 1.29 is 19.1 Å². The summed E-state index contributed by atoms with van der Waals surface area (Å²) < 4.78 is 5.33. The molecule has 6 nitrogen and oxygen atoms in total. The Morgan fingerprint density at radius 3 is 2.48 bits per heavy atom. The predicted molar refractivity (Wildman–Crippen MR) is 100 cm³/mol. The van der Waals surface area contributed by atoms with Crippen molar-refractivity contribution >= 4 is 17.6 Å². The average molecular weight is 366 g/mol. The fourth-order valence-electron chi connectivity index (χ4n) is 3.44. The summed E-state index contributed by atoms with van der Waals surface area (Å²) in [5.41, 5.74) is 8.72. The standard InChI is InChI=1S/C21H22N2O4/c1-13(24)14-7-8-19(27-2)17(9-14)11-20(25)23-12-16-6-4-3-5-15(16)10-18(23)21(22)26/h3-9,18H,10-12H2,1-2H3,(H2,22,26)/t18-/m1/s1. The van der Waals surface area contributed by atoms with Crippen molar-refractivity contribution in [2.75, 3.05) is 7.11 Å². The number of methoxy groups -OCH3 is 1. The van der Waals surface area contributed by atoms with Gasteiger partial charge in [0.05, 0.1) is 13.5 Å². The minimum absolute atomic E-state index is 0.0240. The molecule has 3 rings (SSSR count). The first-order valence-electron chi connectivity index (χ1n) is 8.74. The van der Waals surface area contributed by atoms with E-state index in [9.17, 15) is 14.4 Å². The highest BCUT2D eigenvalue weighted by Gasteiger charge is 2.33. The quantitative estimate of drug-likeness (QED) is 0.818. The Hall–Kier alpha value is -3.15. The highest BCUT2D eigenvalue weighted by molar-refractivity contribution is 5.95. The van der Waals surface area contributed by atoms with Crippen molar-refractivity contribution in [2.24, 2.45) is 5.73 Å². The maximum Gasteiger partial charge on any atom is 0.240 e. The van der Waals surface area contributed by atoms with E-state index in [2.05, 4.69) is 0 Å². The SMILES string of the molecule is COc1ccc(C(C)=O)cc1CC(=O)N1Cc2ccccc2C[C@@H]1C(N)=O. The third-order valence-electron chi connectivity index (χ3n) is 4.93. The fourth-order valence-corrected chi connectivity index (χ4v) is 3.44. The maximum atomic E-state index is 13.0. The third kappa shape index (κ3) is 3.84. The van der Waals surface area contributed by atoms with Crippen LogP contribution in [0.2, 0.25) is 0 Å². The summed E-state index contributed by atoms with van der Waals surface area (Å²) in [6, 6.07) is 12.0. The van der Waals surface area contributed by atoms with E-state index in [1.165, 1.54) is 18.9 Å². The third-order valence-corrected chi connectivity index (χ3v) is 4.93. The van der Waals surface area contributed by atoms with Crippen LogP contribution in [0.4, 0.5) is 0 Å². The number of hydrogen-bond acceptors (Lipinski definition) is 4. The Kier molecular flexibility index (Phi) is 5.26. The Morgan fingerprint density at radius 2 is 1.85 bits per heavy atom. The molecule has 2 aromatic carbocycles. The molecule has 0 bridgehead atoms. The first-order valence-corrected chi connectivity index (χ1v) is 8.74. The number of ether oxygens (including phenoxy) is 1. The second-order valence-corrected chi connectivity index (χ2v) is 6.67. The van der Waals surface area contributed by atoms with E-state index in [1.54, 1.807) is 18.2 Å². The van der Waals surface area contributed by atoms with Crippen molar-refractivity contribution in [1.29, 1.82) is 0 Å². The number of ketones is 1. The van der Waals surface area contributed by atoms with E-state index in [0.29, 0.717) is 29.8 Å². The van der Waals surface area contributed by atoms with Gasteiger partial charge in [0, 0.05) is 24.1 Å². The van der Waals surface area contributed by atoms with Crippen LogP contribution < -0.4 is 10.5 Å². The monoisotopic (exact) mass is 366 g/mol. The molecule has 1 aliphatic rings. The number of amides is 2. The van der Waals surface area contributed by atoms with E-state index in [-0.39, 0.29) is 18.1 Å². The minimum atomic E-state index is -0.686. The second kappa shape index (κ2) is 7.61. The van der Waals surface area contributed by atoms with Crippen LogP contribution >= 0.6 is 0 Å². The topological polar surface area (TPSA) is 89.7 Å². The van der Waals surface area contributed by atoms with Gasteiger partial charge in [0.1, 0.15) is 11.8 Å². The number of rotatable bonds is 5. The number of nitrogens with two attached hydrogens (primary N) is 1. The zero-order chi connectivity index (χ0) is 19.6. The lowest BCUT2D eigenvalue weighted by atomic mass is 9.93. The molecule has 0 aliphatic carbocycles. The van der Waals surface area contributed by atoms with Crippen LogP contribution in [0.3, 0.4) is 0 Å². The molecular formula is C21H22N2O4. The van der Waals surface area contributed by atoms with E-state index in [1.807, 2.05) is 24.3 Å². The smallest absolute Gasteiger partial charge is 0.240 e. The molecule has 1 aliphatic heterocycles. The summed E-state index contributed by atoms with van der Waals surface area (Å²) in [6.07, 6.45) is 0.429. The lowest BCUT2D eigenvalue weighted by Gasteiger charge is -2.35. The van der Waals surface area contributed by atoms with Gasteiger partial charge in [-0.3, -0.25) is 14.4 Å². The first kappa shape index (κ1) is 18.6. The molecule has 2 amide bonds. The van der Waals surface area contributed by atoms with Crippen LogP contribution in [0.25, 0.3) is 0 Å².